The van der Waals surface area contributed by atoms with E-state index >= 15 is 0 Å². The van der Waals surface area contributed by atoms with Gasteiger partial charge in [0.1, 0.15) is 5.75 Å². The van der Waals surface area contributed by atoms with Crippen LogP contribution >= 0.6 is 15.9 Å². The minimum Gasteiger partial charge on any atom is -0.454 e. The number of para-hydroxylation sites is 1. The van der Waals surface area contributed by atoms with E-state index in [1.165, 1.54) is 6.07 Å². The van der Waals surface area contributed by atoms with Crippen LogP contribution in [0, 0.1) is 19.7 Å². The van der Waals surface area contributed by atoms with Crippen LogP contribution in [0.3, 0.4) is 0 Å². The topological polar surface area (TPSA) is 35.2 Å². The lowest BCUT2D eigenvalue weighted by atomic mass is 10.1. The van der Waals surface area contributed by atoms with E-state index in [0.717, 1.165) is 15.6 Å². The van der Waals surface area contributed by atoms with E-state index in [4.69, 9.17) is 10.5 Å². The smallest absolute Gasteiger partial charge is 0.167 e. The van der Waals surface area contributed by atoms with Gasteiger partial charge >= 0.3 is 0 Å². The van der Waals surface area contributed by atoms with Crippen LogP contribution in [0.2, 0.25) is 0 Å². The van der Waals surface area contributed by atoms with Crippen LogP contribution in [0.4, 0.5) is 4.39 Å². The van der Waals surface area contributed by atoms with Crippen molar-refractivity contribution in [2.75, 3.05) is 0 Å². The summed E-state index contributed by atoms with van der Waals surface area (Å²) in [6, 6.07) is 8.24. The maximum Gasteiger partial charge on any atom is 0.167 e. The van der Waals surface area contributed by atoms with Gasteiger partial charge in [0.15, 0.2) is 11.6 Å². The third-order valence-electron chi connectivity index (χ3n) is 3.12. The van der Waals surface area contributed by atoms with Crippen LogP contribution in [0.25, 0.3) is 0 Å². The van der Waals surface area contributed by atoms with Crippen molar-refractivity contribution in [1.29, 1.82) is 0 Å². The molecule has 2 rings (SSSR count). The first kappa shape index (κ1) is 15.0. The van der Waals surface area contributed by atoms with Crippen molar-refractivity contribution < 1.29 is 9.13 Å². The fraction of sp³-hybridized carbons (Fsp3) is 0.250. The second-order valence-electron chi connectivity index (χ2n) is 4.92. The molecular formula is C16H17BrFNO. The summed E-state index contributed by atoms with van der Waals surface area (Å²) in [4.78, 5) is 0. The molecule has 0 spiro atoms. The summed E-state index contributed by atoms with van der Waals surface area (Å²) >= 11 is 3.50. The summed E-state index contributed by atoms with van der Waals surface area (Å²) in [6.45, 7) is 5.75. The molecule has 0 aliphatic rings. The van der Waals surface area contributed by atoms with E-state index in [9.17, 15) is 4.39 Å². The van der Waals surface area contributed by atoms with Gasteiger partial charge in [0, 0.05) is 16.1 Å². The van der Waals surface area contributed by atoms with Crippen molar-refractivity contribution in [2.24, 2.45) is 5.73 Å². The lowest BCUT2D eigenvalue weighted by Gasteiger charge is -2.15. The number of hydrogen-bond donors (Lipinski definition) is 1. The first-order valence-corrected chi connectivity index (χ1v) is 7.18. The molecule has 2 aromatic carbocycles. The Labute approximate surface area is 126 Å². The summed E-state index contributed by atoms with van der Waals surface area (Å²) in [5.41, 5.74) is 8.60. The van der Waals surface area contributed by atoms with Crippen molar-refractivity contribution in [3.63, 3.8) is 0 Å². The van der Waals surface area contributed by atoms with Crippen molar-refractivity contribution in [1.82, 2.24) is 0 Å². The average Bonchev–Trinajstić information content (AvgIpc) is 2.38. The van der Waals surface area contributed by atoms with Crippen LogP contribution in [0.15, 0.2) is 34.8 Å². The van der Waals surface area contributed by atoms with Gasteiger partial charge in [-0.15, -0.1) is 0 Å². The molecule has 0 aliphatic carbocycles. The Morgan fingerprint density at radius 2 is 1.80 bits per heavy atom. The first-order chi connectivity index (χ1) is 9.40. The quantitative estimate of drug-likeness (QED) is 0.853. The monoisotopic (exact) mass is 337 g/mol. The summed E-state index contributed by atoms with van der Waals surface area (Å²) in [5, 5.41) is 0. The van der Waals surface area contributed by atoms with Gasteiger partial charge < -0.3 is 10.5 Å². The zero-order chi connectivity index (χ0) is 14.9. The number of ether oxygens (including phenoxy) is 1. The number of aryl methyl sites for hydroxylation is 2. The van der Waals surface area contributed by atoms with Crippen molar-refractivity contribution >= 4 is 15.9 Å². The number of hydrogen-bond acceptors (Lipinski definition) is 2. The molecule has 4 heteroatoms. The van der Waals surface area contributed by atoms with Crippen LogP contribution in [0.1, 0.15) is 29.7 Å². The molecule has 2 aromatic rings. The third-order valence-corrected chi connectivity index (χ3v) is 4.37. The Kier molecular flexibility index (Phi) is 4.45. The van der Waals surface area contributed by atoms with Crippen molar-refractivity contribution in [3.8, 4) is 11.5 Å². The molecule has 0 saturated carbocycles. The van der Waals surface area contributed by atoms with Gasteiger partial charge in [-0.2, -0.15) is 0 Å². The highest BCUT2D eigenvalue weighted by molar-refractivity contribution is 9.10. The third kappa shape index (κ3) is 3.02. The van der Waals surface area contributed by atoms with Gasteiger partial charge in [-0.3, -0.25) is 0 Å². The molecule has 0 fully saturated rings. The summed E-state index contributed by atoms with van der Waals surface area (Å²) in [5.74, 6) is 0.400. The molecule has 1 unspecified atom stereocenters. The minimum atomic E-state index is -0.405. The Morgan fingerprint density at radius 3 is 2.35 bits per heavy atom. The fourth-order valence-electron chi connectivity index (χ4n) is 2.07. The molecule has 0 bridgehead atoms. The zero-order valence-electron chi connectivity index (χ0n) is 11.7. The highest BCUT2D eigenvalue weighted by atomic mass is 79.9. The zero-order valence-corrected chi connectivity index (χ0v) is 13.3. The molecule has 20 heavy (non-hydrogen) atoms. The van der Waals surface area contributed by atoms with Crippen LogP contribution in [-0.2, 0) is 0 Å². The molecule has 0 heterocycles. The van der Waals surface area contributed by atoms with Gasteiger partial charge in [0.2, 0.25) is 0 Å². The lowest BCUT2D eigenvalue weighted by Crippen LogP contribution is -2.07. The number of halogens is 2. The number of rotatable bonds is 3. The standard InChI is InChI=1S/C16H17BrFNO/c1-9-7-12(8-10(2)15(9)17)20-16-13(11(3)19)5-4-6-14(16)18/h4-8,11H,19H2,1-3H3. The van der Waals surface area contributed by atoms with E-state index in [-0.39, 0.29) is 11.8 Å². The van der Waals surface area contributed by atoms with E-state index < -0.39 is 5.82 Å². The Hall–Kier alpha value is -1.39. The summed E-state index contributed by atoms with van der Waals surface area (Å²) in [6.07, 6.45) is 0. The Morgan fingerprint density at radius 1 is 1.20 bits per heavy atom. The fourth-order valence-corrected chi connectivity index (χ4v) is 2.30. The van der Waals surface area contributed by atoms with Crippen LogP contribution in [-0.4, -0.2) is 0 Å². The highest BCUT2D eigenvalue weighted by Crippen LogP contribution is 2.34. The van der Waals surface area contributed by atoms with E-state index in [2.05, 4.69) is 15.9 Å². The number of nitrogens with two attached hydrogens (primary N) is 1. The molecule has 0 saturated heterocycles. The average molecular weight is 338 g/mol. The molecular weight excluding hydrogens is 321 g/mol. The second kappa shape index (κ2) is 5.94. The maximum atomic E-state index is 14.0. The lowest BCUT2D eigenvalue weighted by molar-refractivity contribution is 0.432. The van der Waals surface area contributed by atoms with Gasteiger partial charge in [0.05, 0.1) is 0 Å². The molecule has 0 aromatic heterocycles. The largest absolute Gasteiger partial charge is 0.454 e. The van der Waals surface area contributed by atoms with Gasteiger partial charge in [0.25, 0.3) is 0 Å². The van der Waals surface area contributed by atoms with Crippen LogP contribution < -0.4 is 10.5 Å². The van der Waals surface area contributed by atoms with E-state index in [1.54, 1.807) is 19.1 Å². The molecule has 0 radical (unpaired) electrons. The van der Waals surface area contributed by atoms with Crippen molar-refractivity contribution in [3.05, 3.63) is 57.3 Å². The Balaban J connectivity index is 2.45. The molecule has 0 aliphatic heterocycles. The highest BCUT2D eigenvalue weighted by Gasteiger charge is 2.14. The van der Waals surface area contributed by atoms with Crippen LogP contribution in [0.5, 0.6) is 11.5 Å². The first-order valence-electron chi connectivity index (χ1n) is 6.38. The molecule has 2 N–H and O–H groups in total. The molecule has 106 valence electrons. The van der Waals surface area contributed by atoms with E-state index in [1.807, 2.05) is 26.0 Å². The van der Waals surface area contributed by atoms with Gasteiger partial charge in [-0.25, -0.2) is 4.39 Å². The molecule has 0 amide bonds. The maximum absolute atomic E-state index is 14.0. The SMILES string of the molecule is Cc1cc(Oc2c(F)cccc2C(C)N)cc(C)c1Br. The summed E-state index contributed by atoms with van der Waals surface area (Å²) in [7, 11) is 0. The minimum absolute atomic E-state index is 0.198. The Bertz CT molecular complexity index is 617. The van der Waals surface area contributed by atoms with Gasteiger partial charge in [-0.05, 0) is 50.1 Å². The molecule has 1 atom stereocenters. The van der Waals surface area contributed by atoms with Crippen molar-refractivity contribution in [2.45, 2.75) is 26.8 Å². The number of benzene rings is 2. The predicted molar refractivity (Wildman–Crippen MR) is 82.7 cm³/mol. The molecule has 2 nitrogen and oxygen atoms in total. The summed E-state index contributed by atoms with van der Waals surface area (Å²) < 4.78 is 20.8. The van der Waals surface area contributed by atoms with Gasteiger partial charge in [-0.1, -0.05) is 28.1 Å². The predicted octanol–water partition coefficient (Wildman–Crippen LogP) is 5.02. The second-order valence-corrected chi connectivity index (χ2v) is 5.71. The van der Waals surface area contributed by atoms with E-state index in [0.29, 0.717) is 11.3 Å². The normalized spacial score (nSPS) is 12.3.